The van der Waals surface area contributed by atoms with Gasteiger partial charge in [0.05, 0.1) is 12.5 Å². The number of carboxylic acid groups (broad SMARTS) is 1. The molecule has 1 aliphatic carbocycles. The van der Waals surface area contributed by atoms with Crippen LogP contribution in [0.15, 0.2) is 72.8 Å². The monoisotopic (exact) mass is 401 g/mol. The van der Waals surface area contributed by atoms with E-state index in [0.717, 1.165) is 33.4 Å². The molecule has 0 saturated heterocycles. The molecule has 0 spiro atoms. The van der Waals surface area contributed by atoms with Crippen molar-refractivity contribution < 1.29 is 19.4 Å². The summed E-state index contributed by atoms with van der Waals surface area (Å²) in [6.45, 7) is 2.08. The van der Waals surface area contributed by atoms with E-state index in [9.17, 15) is 14.7 Å². The van der Waals surface area contributed by atoms with Gasteiger partial charge in [0.15, 0.2) is 0 Å². The summed E-state index contributed by atoms with van der Waals surface area (Å²) >= 11 is 0. The van der Waals surface area contributed by atoms with E-state index in [0.29, 0.717) is 0 Å². The summed E-state index contributed by atoms with van der Waals surface area (Å²) in [6.07, 6.45) is -0.832. The number of benzene rings is 3. The molecule has 0 unspecified atom stereocenters. The van der Waals surface area contributed by atoms with Crippen molar-refractivity contribution in [2.24, 2.45) is 0 Å². The van der Waals surface area contributed by atoms with Crippen molar-refractivity contribution in [3.05, 3.63) is 95.1 Å². The standard InChI is InChI=1S/C25H23NO4/c1-16-8-2-3-9-17(16)23(14-24(27)28)26-25(29)30-15-22-20-12-6-4-10-18(20)19-11-5-7-13-21(19)22/h2-13,22-23H,14-15H2,1H3,(H,26,29)(H,27,28)/t23-/m0/s1. The molecule has 0 saturated carbocycles. The van der Waals surface area contributed by atoms with Gasteiger partial charge < -0.3 is 15.2 Å². The van der Waals surface area contributed by atoms with E-state index < -0.39 is 18.1 Å². The maximum atomic E-state index is 12.6. The number of aryl methyl sites for hydroxylation is 1. The number of hydrogen-bond donors (Lipinski definition) is 2. The molecule has 3 aromatic carbocycles. The van der Waals surface area contributed by atoms with Crippen molar-refractivity contribution in [3.8, 4) is 11.1 Å². The van der Waals surface area contributed by atoms with Gasteiger partial charge in [-0.15, -0.1) is 0 Å². The zero-order valence-corrected chi connectivity index (χ0v) is 16.7. The van der Waals surface area contributed by atoms with Gasteiger partial charge in [0.2, 0.25) is 0 Å². The molecule has 1 amide bonds. The lowest BCUT2D eigenvalue weighted by molar-refractivity contribution is -0.137. The van der Waals surface area contributed by atoms with Crippen LogP contribution in [-0.2, 0) is 9.53 Å². The SMILES string of the molecule is Cc1ccccc1[C@H](CC(=O)O)NC(=O)OCC1c2ccccc2-c2ccccc21. The first-order valence-electron chi connectivity index (χ1n) is 9.93. The molecule has 3 aromatic rings. The molecular weight excluding hydrogens is 378 g/mol. The van der Waals surface area contributed by atoms with E-state index in [4.69, 9.17) is 4.74 Å². The Morgan fingerprint density at radius 3 is 2.10 bits per heavy atom. The van der Waals surface area contributed by atoms with E-state index in [1.807, 2.05) is 55.5 Å². The van der Waals surface area contributed by atoms with Crippen LogP contribution in [-0.4, -0.2) is 23.8 Å². The van der Waals surface area contributed by atoms with Gasteiger partial charge >= 0.3 is 12.1 Å². The highest BCUT2D eigenvalue weighted by atomic mass is 16.5. The Morgan fingerprint density at radius 2 is 1.50 bits per heavy atom. The molecule has 1 aliphatic rings. The number of fused-ring (bicyclic) bond motifs is 3. The van der Waals surface area contributed by atoms with Crippen LogP contribution in [0.2, 0.25) is 0 Å². The van der Waals surface area contributed by atoms with E-state index in [2.05, 4.69) is 29.6 Å². The second-order valence-corrected chi connectivity index (χ2v) is 7.48. The summed E-state index contributed by atoms with van der Waals surface area (Å²) in [5, 5.41) is 12.0. The Hall–Kier alpha value is -3.60. The zero-order chi connectivity index (χ0) is 21.1. The summed E-state index contributed by atoms with van der Waals surface area (Å²) in [6, 6.07) is 23.0. The highest BCUT2D eigenvalue weighted by molar-refractivity contribution is 5.79. The zero-order valence-electron chi connectivity index (χ0n) is 16.7. The normalized spacial score (nSPS) is 13.2. The van der Waals surface area contributed by atoms with Crippen molar-refractivity contribution in [3.63, 3.8) is 0 Å². The molecule has 152 valence electrons. The molecule has 0 heterocycles. The van der Waals surface area contributed by atoms with Crippen LogP contribution in [0.25, 0.3) is 11.1 Å². The molecule has 5 heteroatoms. The third-order valence-corrected chi connectivity index (χ3v) is 5.58. The predicted octanol–water partition coefficient (Wildman–Crippen LogP) is 5.05. The van der Waals surface area contributed by atoms with Gasteiger partial charge in [-0.2, -0.15) is 0 Å². The van der Waals surface area contributed by atoms with Crippen LogP contribution in [0.1, 0.15) is 40.6 Å². The molecule has 0 radical (unpaired) electrons. The first-order chi connectivity index (χ1) is 14.5. The van der Waals surface area contributed by atoms with E-state index in [1.165, 1.54) is 0 Å². The average molecular weight is 401 g/mol. The number of alkyl carbamates (subject to hydrolysis) is 1. The number of carbonyl (C=O) groups excluding carboxylic acids is 1. The van der Waals surface area contributed by atoms with Crippen molar-refractivity contribution in [2.45, 2.75) is 25.3 Å². The fourth-order valence-electron chi connectivity index (χ4n) is 4.17. The molecule has 0 aliphatic heterocycles. The van der Waals surface area contributed by atoms with Gasteiger partial charge in [0, 0.05) is 5.92 Å². The second-order valence-electron chi connectivity index (χ2n) is 7.48. The maximum Gasteiger partial charge on any atom is 0.407 e. The van der Waals surface area contributed by atoms with Crippen LogP contribution in [0.3, 0.4) is 0 Å². The summed E-state index contributed by atoms with van der Waals surface area (Å²) in [7, 11) is 0. The van der Waals surface area contributed by atoms with E-state index in [1.54, 1.807) is 0 Å². The minimum absolute atomic E-state index is 0.0421. The van der Waals surface area contributed by atoms with Crippen molar-refractivity contribution in [1.29, 1.82) is 0 Å². The van der Waals surface area contributed by atoms with Gasteiger partial charge in [-0.05, 0) is 40.3 Å². The Morgan fingerprint density at radius 1 is 0.933 bits per heavy atom. The fourth-order valence-corrected chi connectivity index (χ4v) is 4.17. The highest BCUT2D eigenvalue weighted by Gasteiger charge is 2.29. The van der Waals surface area contributed by atoms with Crippen LogP contribution < -0.4 is 5.32 Å². The van der Waals surface area contributed by atoms with Crippen molar-refractivity contribution in [2.75, 3.05) is 6.61 Å². The Labute approximate surface area is 175 Å². The molecule has 0 aromatic heterocycles. The number of hydrogen-bond acceptors (Lipinski definition) is 3. The number of ether oxygens (including phenoxy) is 1. The molecule has 0 fully saturated rings. The predicted molar refractivity (Wildman–Crippen MR) is 114 cm³/mol. The molecule has 5 nitrogen and oxygen atoms in total. The number of aliphatic carboxylic acids is 1. The van der Waals surface area contributed by atoms with Crippen LogP contribution in [0, 0.1) is 6.92 Å². The van der Waals surface area contributed by atoms with Crippen LogP contribution >= 0.6 is 0 Å². The number of nitrogens with one attached hydrogen (secondary N) is 1. The van der Waals surface area contributed by atoms with Gasteiger partial charge in [-0.3, -0.25) is 4.79 Å². The minimum atomic E-state index is -0.984. The molecule has 4 rings (SSSR count). The smallest absolute Gasteiger partial charge is 0.407 e. The Bertz CT molecular complexity index is 1050. The van der Waals surface area contributed by atoms with Gasteiger partial charge in [0.1, 0.15) is 6.61 Å². The average Bonchev–Trinajstić information content (AvgIpc) is 3.06. The first kappa shape index (κ1) is 19.7. The topological polar surface area (TPSA) is 75.6 Å². The lowest BCUT2D eigenvalue weighted by Gasteiger charge is -2.20. The van der Waals surface area contributed by atoms with Gasteiger partial charge in [-0.1, -0.05) is 72.8 Å². The molecule has 1 atom stereocenters. The lowest BCUT2D eigenvalue weighted by Crippen LogP contribution is -2.32. The molecule has 0 bridgehead atoms. The minimum Gasteiger partial charge on any atom is -0.481 e. The number of carboxylic acids is 1. The quantitative estimate of drug-likeness (QED) is 0.606. The number of rotatable bonds is 6. The summed E-state index contributed by atoms with van der Waals surface area (Å²) in [4.78, 5) is 23.9. The van der Waals surface area contributed by atoms with Crippen molar-refractivity contribution in [1.82, 2.24) is 5.32 Å². The molecule has 30 heavy (non-hydrogen) atoms. The largest absolute Gasteiger partial charge is 0.481 e. The fraction of sp³-hybridized carbons (Fsp3) is 0.200. The second kappa shape index (κ2) is 8.41. The molecule has 2 N–H and O–H groups in total. The van der Waals surface area contributed by atoms with Crippen LogP contribution in [0.5, 0.6) is 0 Å². The summed E-state index contributed by atoms with van der Waals surface area (Å²) in [5.41, 5.74) is 6.27. The molecular formula is C25H23NO4. The van der Waals surface area contributed by atoms with Crippen molar-refractivity contribution >= 4 is 12.1 Å². The number of carbonyl (C=O) groups is 2. The highest BCUT2D eigenvalue weighted by Crippen LogP contribution is 2.44. The lowest BCUT2D eigenvalue weighted by atomic mass is 9.98. The van der Waals surface area contributed by atoms with Gasteiger partial charge in [0.25, 0.3) is 0 Å². The summed E-state index contributed by atoms with van der Waals surface area (Å²) in [5.74, 6) is -1.03. The Kier molecular flexibility index (Phi) is 5.53. The third-order valence-electron chi connectivity index (χ3n) is 5.58. The first-order valence-corrected chi connectivity index (χ1v) is 9.93. The number of amides is 1. The van der Waals surface area contributed by atoms with Crippen LogP contribution in [0.4, 0.5) is 4.79 Å². The summed E-state index contributed by atoms with van der Waals surface area (Å²) < 4.78 is 5.57. The van der Waals surface area contributed by atoms with E-state index >= 15 is 0 Å². The van der Waals surface area contributed by atoms with E-state index in [-0.39, 0.29) is 18.9 Å². The third kappa shape index (κ3) is 3.92. The maximum absolute atomic E-state index is 12.6. The Balaban J connectivity index is 1.49. The van der Waals surface area contributed by atoms with Gasteiger partial charge in [-0.25, -0.2) is 4.79 Å².